The van der Waals surface area contributed by atoms with Crippen molar-refractivity contribution in [3.05, 3.63) is 60.8 Å². The zero-order valence-electron chi connectivity index (χ0n) is 39.0. The van der Waals surface area contributed by atoms with Gasteiger partial charge in [-0.25, -0.2) is 0 Å². The van der Waals surface area contributed by atoms with Gasteiger partial charge in [0.15, 0.2) is 12.6 Å². The second-order valence-electron chi connectivity index (χ2n) is 17.2. The molecular weight excluding hydrogens is 823 g/mol. The topological polar surface area (TPSA) is 228 Å². The smallest absolute Gasteiger partial charge is 0.220 e. The molecule has 2 aliphatic rings. The Bertz CT molecular complexity index is 1310. The molecule has 2 rings (SSSR count). The zero-order chi connectivity index (χ0) is 46.8. The van der Waals surface area contributed by atoms with Crippen molar-refractivity contribution in [1.29, 1.82) is 0 Å². The molecular formula is C50H87NO13. The van der Waals surface area contributed by atoms with E-state index in [1.54, 1.807) is 6.08 Å². The van der Waals surface area contributed by atoms with Crippen molar-refractivity contribution in [2.45, 2.75) is 229 Å². The molecule has 64 heavy (non-hydrogen) atoms. The van der Waals surface area contributed by atoms with E-state index in [0.717, 1.165) is 70.6 Å². The van der Waals surface area contributed by atoms with Crippen LogP contribution in [0.5, 0.6) is 0 Å². The minimum atomic E-state index is -1.79. The van der Waals surface area contributed by atoms with Gasteiger partial charge < -0.3 is 65.1 Å². The van der Waals surface area contributed by atoms with Crippen molar-refractivity contribution >= 4 is 5.91 Å². The third-order valence-corrected chi connectivity index (χ3v) is 11.7. The van der Waals surface area contributed by atoms with Crippen LogP contribution in [0.4, 0.5) is 0 Å². The molecule has 0 aromatic carbocycles. The van der Waals surface area contributed by atoms with Crippen LogP contribution in [-0.2, 0) is 23.7 Å². The van der Waals surface area contributed by atoms with Gasteiger partial charge in [0.25, 0.3) is 0 Å². The number of hydrogen-bond acceptors (Lipinski definition) is 13. The maximum absolute atomic E-state index is 13.1. The Morgan fingerprint density at radius 2 is 1.05 bits per heavy atom. The highest BCUT2D eigenvalue weighted by molar-refractivity contribution is 5.76. The molecule has 2 heterocycles. The molecule has 14 nitrogen and oxygen atoms in total. The van der Waals surface area contributed by atoms with Crippen LogP contribution in [0.1, 0.15) is 155 Å². The van der Waals surface area contributed by atoms with Gasteiger partial charge in [-0.1, -0.05) is 132 Å². The fraction of sp³-hybridized carbons (Fsp3) is 0.780. The van der Waals surface area contributed by atoms with Crippen LogP contribution >= 0.6 is 0 Å². The molecule has 0 spiro atoms. The lowest BCUT2D eigenvalue weighted by atomic mass is 9.97. The predicted molar refractivity (Wildman–Crippen MR) is 249 cm³/mol. The zero-order valence-corrected chi connectivity index (χ0v) is 39.0. The number of nitrogens with one attached hydrogen (secondary N) is 1. The molecule has 2 fully saturated rings. The van der Waals surface area contributed by atoms with Gasteiger partial charge in [-0.15, -0.1) is 0 Å². The fourth-order valence-electron chi connectivity index (χ4n) is 7.58. The van der Waals surface area contributed by atoms with Gasteiger partial charge >= 0.3 is 0 Å². The number of ether oxygens (including phenoxy) is 4. The normalized spacial score (nSPS) is 27.8. The Kier molecular flexibility index (Phi) is 33.2. The predicted octanol–water partition coefficient (Wildman–Crippen LogP) is 5.88. The maximum atomic E-state index is 13.1. The largest absolute Gasteiger partial charge is 0.394 e. The highest BCUT2D eigenvalue weighted by Gasteiger charge is 2.51. The van der Waals surface area contributed by atoms with Crippen molar-refractivity contribution in [2.24, 2.45) is 0 Å². The Morgan fingerprint density at radius 1 is 0.562 bits per heavy atom. The fourth-order valence-corrected chi connectivity index (χ4v) is 7.58. The summed E-state index contributed by atoms with van der Waals surface area (Å²) in [5.41, 5.74) is 0. The Hall–Kier alpha value is -2.31. The van der Waals surface area contributed by atoms with Crippen molar-refractivity contribution in [3.63, 3.8) is 0 Å². The Morgan fingerprint density at radius 3 is 1.62 bits per heavy atom. The maximum Gasteiger partial charge on any atom is 0.220 e. The molecule has 0 aromatic rings. The molecule has 0 aliphatic carbocycles. The molecule has 14 heteroatoms. The first-order chi connectivity index (χ1) is 31.1. The number of hydrogen-bond donors (Lipinski definition) is 9. The van der Waals surface area contributed by atoms with E-state index in [1.807, 2.05) is 6.08 Å². The number of carbonyl (C=O) groups is 1. The Balaban J connectivity index is 1.90. The van der Waals surface area contributed by atoms with Crippen molar-refractivity contribution in [1.82, 2.24) is 5.32 Å². The van der Waals surface area contributed by atoms with Gasteiger partial charge in [0.05, 0.1) is 32.0 Å². The molecule has 0 radical (unpaired) electrons. The molecule has 0 saturated carbocycles. The van der Waals surface area contributed by atoms with Crippen LogP contribution < -0.4 is 5.32 Å². The van der Waals surface area contributed by atoms with Crippen molar-refractivity contribution in [2.75, 3.05) is 19.8 Å². The molecule has 1 amide bonds. The molecule has 0 aromatic heterocycles. The minimum absolute atomic E-state index is 0.251. The van der Waals surface area contributed by atoms with Crippen LogP contribution in [-0.4, -0.2) is 140 Å². The summed E-state index contributed by atoms with van der Waals surface area (Å²) in [6.07, 6.45) is 26.9. The number of allylic oxidation sites excluding steroid dienone is 9. The monoisotopic (exact) mass is 910 g/mol. The van der Waals surface area contributed by atoms with Crippen molar-refractivity contribution < 1.29 is 64.6 Å². The van der Waals surface area contributed by atoms with Gasteiger partial charge in [-0.3, -0.25) is 4.79 Å². The molecule has 2 saturated heterocycles. The van der Waals surface area contributed by atoms with Crippen molar-refractivity contribution in [3.8, 4) is 0 Å². The summed E-state index contributed by atoms with van der Waals surface area (Å²) >= 11 is 0. The summed E-state index contributed by atoms with van der Waals surface area (Å²) < 4.78 is 22.6. The highest BCUT2D eigenvalue weighted by atomic mass is 16.7. The lowest BCUT2D eigenvalue weighted by Gasteiger charge is -2.46. The van der Waals surface area contributed by atoms with Gasteiger partial charge in [0, 0.05) is 6.42 Å². The van der Waals surface area contributed by atoms with Gasteiger partial charge in [-0.05, 0) is 77.0 Å². The average Bonchev–Trinajstić information content (AvgIpc) is 3.29. The van der Waals surface area contributed by atoms with E-state index in [9.17, 15) is 45.6 Å². The van der Waals surface area contributed by atoms with Crippen LogP contribution in [0, 0.1) is 0 Å². The summed E-state index contributed by atoms with van der Waals surface area (Å²) in [4.78, 5) is 13.1. The number of carbonyl (C=O) groups excluding carboxylic acids is 1. The summed E-state index contributed by atoms with van der Waals surface area (Å²) in [7, 11) is 0. The molecule has 2 aliphatic heterocycles. The van der Waals surface area contributed by atoms with E-state index >= 15 is 0 Å². The van der Waals surface area contributed by atoms with E-state index in [2.05, 4.69) is 67.8 Å². The number of aliphatic hydroxyl groups excluding tert-OH is 8. The molecule has 0 bridgehead atoms. The first-order valence-electron chi connectivity index (χ1n) is 24.5. The third kappa shape index (κ3) is 23.9. The SMILES string of the molecule is CCCCCC/C=C\C/C=C\CCCCCCCC(=O)NC(COC1OC(CO)C(OC2OC(CO)C(O)C(O)C2O)C(O)C1O)C(O)/C=C/CC/C=C/CC/C=C/CCCCCC. The highest BCUT2D eigenvalue weighted by Crippen LogP contribution is 2.30. The van der Waals surface area contributed by atoms with E-state index in [1.165, 1.54) is 51.4 Å². The standard InChI is InChI=1S/C50H87NO13/c1-3-5-7-9-11-13-15-17-19-20-22-24-26-28-30-32-34-42(55)51-38(39(54)33-31-29-27-25-23-21-18-16-14-12-10-8-6-4-2)37-61-49-47(60)45(58)48(41(36-53)63-49)64-50-46(59)44(57)43(56)40(35-52)62-50/h13-16,19-20,23,25,31,33,38-41,43-50,52-54,56-60H,3-12,17-18,21-22,24,26-30,32,34-37H2,1-2H3,(H,51,55)/b15-13-,16-14+,20-19-,25-23+,33-31+. The molecule has 370 valence electrons. The molecule has 12 unspecified atom stereocenters. The number of unbranched alkanes of at least 4 members (excludes halogenated alkanes) is 15. The van der Waals surface area contributed by atoms with Gasteiger partial charge in [0.2, 0.25) is 5.91 Å². The first kappa shape index (κ1) is 57.8. The number of aliphatic hydroxyl groups is 8. The van der Waals surface area contributed by atoms with Crippen LogP contribution in [0.25, 0.3) is 0 Å². The van der Waals surface area contributed by atoms with E-state index in [4.69, 9.17) is 18.9 Å². The molecule has 12 atom stereocenters. The quantitative estimate of drug-likeness (QED) is 0.0265. The average molecular weight is 910 g/mol. The van der Waals surface area contributed by atoms with E-state index in [0.29, 0.717) is 12.8 Å². The summed E-state index contributed by atoms with van der Waals surface area (Å²) in [5, 5.41) is 86.6. The Labute approximate surface area is 384 Å². The summed E-state index contributed by atoms with van der Waals surface area (Å²) in [6, 6.07) is -0.945. The second kappa shape index (κ2) is 36.8. The first-order valence-corrected chi connectivity index (χ1v) is 24.5. The molecule has 9 N–H and O–H groups in total. The van der Waals surface area contributed by atoms with Crippen LogP contribution in [0.15, 0.2) is 60.8 Å². The van der Waals surface area contributed by atoms with E-state index < -0.39 is 86.8 Å². The van der Waals surface area contributed by atoms with Gasteiger partial charge in [-0.2, -0.15) is 0 Å². The number of rotatable bonds is 36. The van der Waals surface area contributed by atoms with Gasteiger partial charge in [0.1, 0.15) is 48.8 Å². The lowest BCUT2D eigenvalue weighted by molar-refractivity contribution is -0.359. The summed E-state index contributed by atoms with van der Waals surface area (Å²) in [5.74, 6) is -0.272. The summed E-state index contributed by atoms with van der Waals surface area (Å²) in [6.45, 7) is 2.68. The van der Waals surface area contributed by atoms with Crippen LogP contribution in [0.3, 0.4) is 0 Å². The second-order valence-corrected chi connectivity index (χ2v) is 17.2. The minimum Gasteiger partial charge on any atom is -0.394 e. The lowest BCUT2D eigenvalue weighted by Crippen LogP contribution is -2.65. The van der Waals surface area contributed by atoms with E-state index in [-0.39, 0.29) is 18.9 Å². The number of amides is 1. The third-order valence-electron chi connectivity index (χ3n) is 11.7. The van der Waals surface area contributed by atoms with Crippen LogP contribution in [0.2, 0.25) is 0 Å².